The van der Waals surface area contributed by atoms with Gasteiger partial charge in [0.25, 0.3) is 11.7 Å². The molecule has 0 N–H and O–H groups in total. The van der Waals surface area contributed by atoms with Crippen LogP contribution < -0.4 is 4.90 Å². The first-order valence-electron chi connectivity index (χ1n) is 6.69. The fourth-order valence-electron chi connectivity index (χ4n) is 2.52. The molecule has 0 unspecified atom stereocenters. The molecule has 1 aromatic carbocycles. The summed E-state index contributed by atoms with van der Waals surface area (Å²) in [6, 6.07) is 6.92. The average Bonchev–Trinajstić information content (AvgIpc) is 2.94. The Balaban J connectivity index is 2.02. The molecule has 108 valence electrons. The summed E-state index contributed by atoms with van der Waals surface area (Å²) in [4.78, 5) is 25.6. The van der Waals surface area contributed by atoms with Gasteiger partial charge in [0, 0.05) is 7.05 Å². The highest BCUT2D eigenvalue weighted by molar-refractivity contribution is 6.54. The number of anilines is 1. The largest absolute Gasteiger partial charge is 0.299 e. The Bertz CT molecular complexity index is 751. The molecule has 0 radical (unpaired) electrons. The summed E-state index contributed by atoms with van der Waals surface area (Å²) in [7, 11) is 1.82. The normalized spacial score (nSPS) is 14.0. The smallest absolute Gasteiger partial charge is 0.297 e. The number of hydrogen-bond acceptors (Lipinski definition) is 3. The topological polar surface area (TPSA) is 55.2 Å². The Hall–Kier alpha value is -2.14. The minimum Gasteiger partial charge on any atom is -0.297 e. The van der Waals surface area contributed by atoms with Crippen LogP contribution >= 0.6 is 11.6 Å². The molecule has 2 heterocycles. The fraction of sp³-hybridized carbons (Fsp3) is 0.267. The summed E-state index contributed by atoms with van der Waals surface area (Å²) in [5, 5.41) is 4.76. The maximum absolute atomic E-state index is 12.2. The van der Waals surface area contributed by atoms with Gasteiger partial charge >= 0.3 is 0 Å². The van der Waals surface area contributed by atoms with Crippen LogP contribution in [0.3, 0.4) is 0 Å². The number of fused-ring (bicyclic) bond motifs is 1. The van der Waals surface area contributed by atoms with Gasteiger partial charge < -0.3 is 0 Å². The van der Waals surface area contributed by atoms with Crippen molar-refractivity contribution in [3.63, 3.8) is 0 Å². The highest BCUT2D eigenvalue weighted by Crippen LogP contribution is 2.36. The van der Waals surface area contributed by atoms with Crippen LogP contribution in [-0.2, 0) is 24.8 Å². The molecule has 1 aromatic heterocycles. The molecule has 3 rings (SSSR count). The minimum atomic E-state index is -0.544. The van der Waals surface area contributed by atoms with Crippen molar-refractivity contribution in [3.8, 4) is 0 Å². The summed E-state index contributed by atoms with van der Waals surface area (Å²) in [6.45, 7) is 2.30. The van der Waals surface area contributed by atoms with E-state index >= 15 is 0 Å². The first-order chi connectivity index (χ1) is 10.0. The van der Waals surface area contributed by atoms with Crippen LogP contribution in [0.15, 0.2) is 24.3 Å². The molecule has 6 heteroatoms. The number of halogens is 1. The SMILES string of the molecule is CCc1cc(CN2C(=O)C(=O)c3cccc(Cl)c32)n(C)n1. The van der Waals surface area contributed by atoms with Crippen LogP contribution in [0, 0.1) is 0 Å². The number of para-hydroxylation sites is 1. The quantitative estimate of drug-likeness (QED) is 0.818. The van der Waals surface area contributed by atoms with E-state index < -0.39 is 11.7 Å². The monoisotopic (exact) mass is 303 g/mol. The number of benzene rings is 1. The fourth-order valence-corrected chi connectivity index (χ4v) is 2.79. The summed E-state index contributed by atoms with van der Waals surface area (Å²) in [5.41, 5.74) is 2.67. The van der Waals surface area contributed by atoms with E-state index in [1.165, 1.54) is 4.90 Å². The summed E-state index contributed by atoms with van der Waals surface area (Å²) < 4.78 is 1.73. The zero-order valence-electron chi connectivity index (χ0n) is 11.8. The zero-order valence-corrected chi connectivity index (χ0v) is 12.5. The first-order valence-corrected chi connectivity index (χ1v) is 7.07. The third-order valence-electron chi connectivity index (χ3n) is 3.65. The third-order valence-corrected chi connectivity index (χ3v) is 3.96. The Morgan fingerprint density at radius 2 is 2.05 bits per heavy atom. The van der Waals surface area contributed by atoms with Gasteiger partial charge in [0.2, 0.25) is 0 Å². The van der Waals surface area contributed by atoms with Gasteiger partial charge in [-0.3, -0.25) is 19.2 Å². The molecule has 5 nitrogen and oxygen atoms in total. The lowest BCUT2D eigenvalue weighted by molar-refractivity contribution is -0.114. The van der Waals surface area contributed by atoms with Gasteiger partial charge in [-0.2, -0.15) is 5.10 Å². The van der Waals surface area contributed by atoms with Crippen molar-refractivity contribution in [2.45, 2.75) is 19.9 Å². The van der Waals surface area contributed by atoms with Crippen LogP contribution in [0.2, 0.25) is 5.02 Å². The second-order valence-electron chi connectivity index (χ2n) is 4.96. The van der Waals surface area contributed by atoms with E-state index in [1.54, 1.807) is 22.9 Å². The molecular formula is C15H14ClN3O2. The number of carbonyl (C=O) groups is 2. The van der Waals surface area contributed by atoms with E-state index in [0.29, 0.717) is 16.3 Å². The lowest BCUT2D eigenvalue weighted by Crippen LogP contribution is -2.30. The van der Waals surface area contributed by atoms with Crippen molar-refractivity contribution in [1.29, 1.82) is 0 Å². The zero-order chi connectivity index (χ0) is 15.1. The third kappa shape index (κ3) is 2.14. The Labute approximate surface area is 127 Å². The molecule has 0 saturated carbocycles. The molecule has 0 fully saturated rings. The van der Waals surface area contributed by atoms with E-state index in [2.05, 4.69) is 5.10 Å². The molecule has 0 atom stereocenters. The molecule has 1 aliphatic rings. The minimum absolute atomic E-state index is 0.283. The van der Waals surface area contributed by atoms with Crippen molar-refractivity contribution >= 4 is 29.0 Å². The number of hydrogen-bond donors (Lipinski definition) is 0. The Kier molecular flexibility index (Phi) is 3.29. The number of nitrogens with zero attached hydrogens (tertiary/aromatic N) is 3. The molecule has 0 aliphatic carbocycles. The molecule has 0 saturated heterocycles. The van der Waals surface area contributed by atoms with Crippen LogP contribution in [0.1, 0.15) is 28.7 Å². The van der Waals surface area contributed by atoms with Gasteiger partial charge in [0.1, 0.15) is 0 Å². The van der Waals surface area contributed by atoms with Gasteiger partial charge in [0.15, 0.2) is 0 Å². The Morgan fingerprint density at radius 3 is 2.71 bits per heavy atom. The van der Waals surface area contributed by atoms with Crippen LogP contribution in [0.5, 0.6) is 0 Å². The van der Waals surface area contributed by atoms with Crippen molar-refractivity contribution in [2.24, 2.45) is 7.05 Å². The molecular weight excluding hydrogens is 290 g/mol. The van der Waals surface area contributed by atoms with Gasteiger partial charge in [-0.15, -0.1) is 0 Å². The average molecular weight is 304 g/mol. The second kappa shape index (κ2) is 5.00. The van der Waals surface area contributed by atoms with E-state index in [9.17, 15) is 9.59 Å². The van der Waals surface area contributed by atoms with E-state index in [1.807, 2.05) is 20.0 Å². The van der Waals surface area contributed by atoms with Gasteiger partial charge in [-0.1, -0.05) is 24.6 Å². The predicted molar refractivity (Wildman–Crippen MR) is 79.6 cm³/mol. The van der Waals surface area contributed by atoms with Crippen LogP contribution in [-0.4, -0.2) is 21.5 Å². The van der Waals surface area contributed by atoms with Crippen molar-refractivity contribution in [1.82, 2.24) is 9.78 Å². The number of Topliss-reactive ketones (excluding diaryl/α,β-unsaturated/α-hetero) is 1. The Morgan fingerprint density at radius 1 is 1.29 bits per heavy atom. The molecule has 0 bridgehead atoms. The molecule has 21 heavy (non-hydrogen) atoms. The number of ketones is 1. The van der Waals surface area contributed by atoms with Gasteiger partial charge in [0.05, 0.1) is 34.2 Å². The predicted octanol–water partition coefficient (Wildman–Crippen LogP) is 2.37. The first kappa shape index (κ1) is 13.8. The molecule has 1 amide bonds. The highest BCUT2D eigenvalue weighted by Gasteiger charge is 2.37. The molecule has 1 aliphatic heterocycles. The number of aryl methyl sites for hydroxylation is 2. The standard InChI is InChI=1S/C15H14ClN3O2/c1-3-9-7-10(18(2)17-9)8-19-13-11(14(20)15(19)21)5-4-6-12(13)16/h4-7H,3,8H2,1-2H3. The lowest BCUT2D eigenvalue weighted by atomic mass is 10.1. The summed E-state index contributed by atoms with van der Waals surface area (Å²) in [5.74, 6) is -1.05. The molecule has 0 spiro atoms. The second-order valence-corrected chi connectivity index (χ2v) is 5.37. The maximum Gasteiger partial charge on any atom is 0.299 e. The summed E-state index contributed by atoms with van der Waals surface area (Å²) in [6.07, 6.45) is 0.818. The van der Waals surface area contributed by atoms with E-state index in [4.69, 9.17) is 11.6 Å². The number of amides is 1. The summed E-state index contributed by atoms with van der Waals surface area (Å²) >= 11 is 6.16. The van der Waals surface area contributed by atoms with Gasteiger partial charge in [-0.25, -0.2) is 0 Å². The van der Waals surface area contributed by atoms with Crippen molar-refractivity contribution in [3.05, 3.63) is 46.2 Å². The number of carbonyl (C=O) groups excluding carboxylic acids is 2. The van der Waals surface area contributed by atoms with Gasteiger partial charge in [-0.05, 0) is 24.6 Å². The lowest BCUT2D eigenvalue weighted by Gasteiger charge is -2.17. The maximum atomic E-state index is 12.2. The van der Waals surface area contributed by atoms with Crippen LogP contribution in [0.25, 0.3) is 0 Å². The number of rotatable bonds is 3. The van der Waals surface area contributed by atoms with Crippen molar-refractivity contribution < 1.29 is 9.59 Å². The van der Waals surface area contributed by atoms with E-state index in [-0.39, 0.29) is 6.54 Å². The molecule has 2 aromatic rings. The van der Waals surface area contributed by atoms with E-state index in [0.717, 1.165) is 17.8 Å². The highest BCUT2D eigenvalue weighted by atomic mass is 35.5. The number of aromatic nitrogens is 2. The van der Waals surface area contributed by atoms with Crippen LogP contribution in [0.4, 0.5) is 5.69 Å². The van der Waals surface area contributed by atoms with Crippen molar-refractivity contribution in [2.75, 3.05) is 4.90 Å².